The lowest BCUT2D eigenvalue weighted by Crippen LogP contribution is -2.49. The van der Waals surface area contributed by atoms with E-state index in [0.717, 1.165) is 37.6 Å². The molecule has 1 atom stereocenters. The molecule has 2 aromatic rings. The van der Waals surface area contributed by atoms with Gasteiger partial charge in [-0.05, 0) is 29.8 Å². The zero-order chi connectivity index (χ0) is 17.5. The van der Waals surface area contributed by atoms with Crippen LogP contribution in [0, 0.1) is 0 Å². The van der Waals surface area contributed by atoms with E-state index in [0.29, 0.717) is 24.8 Å². The van der Waals surface area contributed by atoms with Crippen molar-refractivity contribution < 1.29 is 9.84 Å². The van der Waals surface area contributed by atoms with Gasteiger partial charge in [-0.2, -0.15) is 0 Å². The van der Waals surface area contributed by atoms with E-state index in [4.69, 9.17) is 16.3 Å². The number of β-amino-alcohol motifs (C(OH)–C–C–N with tert-alkyl or cyclic N) is 1. The molecule has 1 fully saturated rings. The Kier molecular flexibility index (Phi) is 6.64. The summed E-state index contributed by atoms with van der Waals surface area (Å²) in [4.78, 5) is 8.94. The third kappa shape index (κ3) is 5.68. The fraction of sp³-hybridized carbons (Fsp3) is 0.421. The summed E-state index contributed by atoms with van der Waals surface area (Å²) < 4.78 is 5.61. The number of ether oxygens (including phenoxy) is 1. The molecule has 0 spiro atoms. The monoisotopic (exact) mass is 361 g/mol. The number of halogens is 1. The van der Waals surface area contributed by atoms with Crippen LogP contribution in [0.25, 0.3) is 0 Å². The van der Waals surface area contributed by atoms with Gasteiger partial charge in [-0.25, -0.2) is 4.98 Å². The molecule has 5 nitrogen and oxygen atoms in total. The third-order valence-corrected chi connectivity index (χ3v) is 4.56. The van der Waals surface area contributed by atoms with Crippen molar-refractivity contribution in [1.82, 2.24) is 9.88 Å². The van der Waals surface area contributed by atoms with Crippen LogP contribution in [0.4, 0.5) is 5.82 Å². The molecule has 1 saturated heterocycles. The number of aliphatic hydroxyl groups is 1. The van der Waals surface area contributed by atoms with Gasteiger partial charge < -0.3 is 14.7 Å². The Morgan fingerprint density at radius 3 is 2.52 bits per heavy atom. The van der Waals surface area contributed by atoms with Crippen LogP contribution in [0.1, 0.15) is 5.56 Å². The zero-order valence-electron chi connectivity index (χ0n) is 14.2. The van der Waals surface area contributed by atoms with Gasteiger partial charge in [-0.1, -0.05) is 29.8 Å². The molecule has 1 aliphatic rings. The summed E-state index contributed by atoms with van der Waals surface area (Å²) in [5.41, 5.74) is 1.06. The minimum Gasteiger partial charge on any atom is -0.389 e. The molecule has 2 heterocycles. The van der Waals surface area contributed by atoms with Crippen molar-refractivity contribution in [2.24, 2.45) is 0 Å². The Morgan fingerprint density at radius 2 is 1.84 bits per heavy atom. The summed E-state index contributed by atoms with van der Waals surface area (Å²) in [5.74, 6) is 1.02. The number of nitrogens with zero attached hydrogens (tertiary/aromatic N) is 3. The van der Waals surface area contributed by atoms with E-state index in [9.17, 15) is 5.11 Å². The molecule has 0 unspecified atom stereocenters. The van der Waals surface area contributed by atoms with E-state index in [1.54, 1.807) is 0 Å². The van der Waals surface area contributed by atoms with Gasteiger partial charge in [0.05, 0.1) is 19.3 Å². The molecule has 134 valence electrons. The van der Waals surface area contributed by atoms with E-state index in [1.165, 1.54) is 0 Å². The van der Waals surface area contributed by atoms with Gasteiger partial charge in [-0.3, -0.25) is 4.90 Å². The third-order valence-electron chi connectivity index (χ3n) is 4.31. The van der Waals surface area contributed by atoms with Crippen LogP contribution < -0.4 is 4.90 Å². The van der Waals surface area contributed by atoms with Crippen molar-refractivity contribution in [2.45, 2.75) is 12.7 Å². The van der Waals surface area contributed by atoms with E-state index in [-0.39, 0.29) is 0 Å². The molecule has 0 radical (unpaired) electrons. The first kappa shape index (κ1) is 18.1. The fourth-order valence-electron chi connectivity index (χ4n) is 2.94. The van der Waals surface area contributed by atoms with Crippen LogP contribution in [0.5, 0.6) is 0 Å². The number of hydrogen-bond acceptors (Lipinski definition) is 5. The predicted octanol–water partition coefficient (Wildman–Crippen LogP) is 2.43. The molecule has 0 aliphatic carbocycles. The highest BCUT2D eigenvalue weighted by Gasteiger charge is 2.20. The van der Waals surface area contributed by atoms with Crippen molar-refractivity contribution in [3.05, 3.63) is 59.2 Å². The van der Waals surface area contributed by atoms with Gasteiger partial charge in [0.1, 0.15) is 5.82 Å². The van der Waals surface area contributed by atoms with Crippen LogP contribution in [0.3, 0.4) is 0 Å². The lowest BCUT2D eigenvalue weighted by atomic mass is 10.2. The molecule has 6 heteroatoms. The van der Waals surface area contributed by atoms with E-state index >= 15 is 0 Å². The van der Waals surface area contributed by atoms with Gasteiger partial charge in [0.25, 0.3) is 0 Å². The zero-order valence-corrected chi connectivity index (χ0v) is 15.0. The lowest BCUT2D eigenvalue weighted by Gasteiger charge is -2.36. The first-order valence-electron chi connectivity index (χ1n) is 8.59. The second-order valence-corrected chi connectivity index (χ2v) is 6.71. The Balaban J connectivity index is 1.35. The summed E-state index contributed by atoms with van der Waals surface area (Å²) in [6, 6.07) is 13.5. The van der Waals surface area contributed by atoms with Gasteiger partial charge in [-0.15, -0.1) is 0 Å². The molecular weight excluding hydrogens is 338 g/mol. The molecule has 1 aromatic heterocycles. The Labute approximate surface area is 153 Å². The highest BCUT2D eigenvalue weighted by molar-refractivity contribution is 6.30. The van der Waals surface area contributed by atoms with Crippen molar-refractivity contribution >= 4 is 17.4 Å². The van der Waals surface area contributed by atoms with E-state index in [2.05, 4.69) is 14.8 Å². The van der Waals surface area contributed by atoms with Crippen LogP contribution in [-0.2, 0) is 11.3 Å². The number of aromatic nitrogens is 1. The number of anilines is 1. The van der Waals surface area contributed by atoms with Gasteiger partial charge in [0.15, 0.2) is 0 Å². The van der Waals surface area contributed by atoms with Gasteiger partial charge >= 0.3 is 0 Å². The minimum atomic E-state index is -0.478. The second kappa shape index (κ2) is 9.15. The van der Waals surface area contributed by atoms with Crippen molar-refractivity contribution in [1.29, 1.82) is 0 Å². The Bertz CT molecular complexity index is 631. The SMILES string of the molecule is O[C@H](COCc1ccc(Cl)cc1)CN1CCN(c2ccccn2)CC1. The number of aliphatic hydroxyl groups excluding tert-OH is 1. The maximum Gasteiger partial charge on any atom is 0.128 e. The lowest BCUT2D eigenvalue weighted by molar-refractivity contribution is 0.00912. The second-order valence-electron chi connectivity index (χ2n) is 6.27. The van der Waals surface area contributed by atoms with Crippen LogP contribution >= 0.6 is 11.6 Å². The molecule has 0 amide bonds. The molecule has 0 bridgehead atoms. The average Bonchev–Trinajstić information content (AvgIpc) is 2.65. The summed E-state index contributed by atoms with van der Waals surface area (Å²) in [6.07, 6.45) is 1.34. The van der Waals surface area contributed by atoms with Crippen LogP contribution in [0.15, 0.2) is 48.7 Å². The standard InChI is InChI=1S/C19H24ClN3O2/c20-17-6-4-16(5-7-17)14-25-15-18(24)13-22-9-11-23(12-10-22)19-3-1-2-8-21-19/h1-8,18,24H,9-15H2/t18-/m0/s1. The highest BCUT2D eigenvalue weighted by atomic mass is 35.5. The first-order chi connectivity index (χ1) is 12.2. The molecule has 1 N–H and O–H groups in total. The van der Waals surface area contributed by atoms with Crippen molar-refractivity contribution in [3.63, 3.8) is 0 Å². The highest BCUT2D eigenvalue weighted by Crippen LogP contribution is 2.13. The quantitative estimate of drug-likeness (QED) is 0.820. The number of pyridine rings is 1. The maximum atomic E-state index is 10.2. The molecular formula is C19H24ClN3O2. The van der Waals surface area contributed by atoms with E-state index < -0.39 is 6.10 Å². The van der Waals surface area contributed by atoms with Crippen molar-refractivity contribution in [2.75, 3.05) is 44.2 Å². The summed E-state index contributed by atoms with van der Waals surface area (Å²) >= 11 is 5.86. The minimum absolute atomic E-state index is 0.336. The van der Waals surface area contributed by atoms with Gasteiger partial charge in [0.2, 0.25) is 0 Å². The van der Waals surface area contributed by atoms with Crippen molar-refractivity contribution in [3.8, 4) is 0 Å². The fourth-order valence-corrected chi connectivity index (χ4v) is 3.07. The summed E-state index contributed by atoms with van der Waals surface area (Å²) in [7, 11) is 0. The molecule has 25 heavy (non-hydrogen) atoms. The number of rotatable bonds is 7. The van der Waals surface area contributed by atoms with Crippen LogP contribution in [-0.4, -0.2) is 60.4 Å². The molecule has 3 rings (SSSR count). The topological polar surface area (TPSA) is 48.8 Å². The largest absolute Gasteiger partial charge is 0.389 e. The first-order valence-corrected chi connectivity index (χ1v) is 8.97. The molecule has 0 saturated carbocycles. The molecule has 1 aliphatic heterocycles. The molecule has 1 aromatic carbocycles. The van der Waals surface area contributed by atoms with Gasteiger partial charge in [0, 0.05) is 43.9 Å². The maximum absolute atomic E-state index is 10.2. The number of piperazine rings is 1. The predicted molar refractivity (Wildman–Crippen MR) is 100 cm³/mol. The summed E-state index contributed by atoms with van der Waals surface area (Å²) in [5, 5.41) is 10.9. The Hall–Kier alpha value is -1.66. The summed E-state index contributed by atoms with van der Waals surface area (Å²) in [6.45, 7) is 5.15. The van der Waals surface area contributed by atoms with Crippen LogP contribution in [0.2, 0.25) is 5.02 Å². The normalized spacial score (nSPS) is 16.8. The average molecular weight is 362 g/mol. The number of hydrogen-bond donors (Lipinski definition) is 1. The smallest absolute Gasteiger partial charge is 0.128 e. The van der Waals surface area contributed by atoms with E-state index in [1.807, 2.05) is 48.7 Å². The Morgan fingerprint density at radius 1 is 1.08 bits per heavy atom. The number of benzene rings is 1.